The van der Waals surface area contributed by atoms with Gasteiger partial charge in [-0.3, -0.25) is 4.90 Å². The second-order valence-electron chi connectivity index (χ2n) is 7.17. The Bertz CT molecular complexity index is 866. The van der Waals surface area contributed by atoms with Crippen LogP contribution in [-0.2, 0) is 6.42 Å². The number of nitrogens with one attached hydrogen (secondary N) is 1. The average molecular weight is 395 g/mol. The summed E-state index contributed by atoms with van der Waals surface area (Å²) in [4.78, 5) is 12.6. The van der Waals surface area contributed by atoms with Crippen LogP contribution >= 0.6 is 11.3 Å². The molecule has 3 aromatic rings. The minimum atomic E-state index is 0.251. The van der Waals surface area contributed by atoms with E-state index in [9.17, 15) is 5.11 Å². The summed E-state index contributed by atoms with van der Waals surface area (Å²) in [5.41, 5.74) is 2.43. The molecule has 1 aromatic carbocycles. The molecule has 2 aromatic heterocycles. The van der Waals surface area contributed by atoms with Crippen molar-refractivity contribution in [2.24, 2.45) is 0 Å². The molecule has 6 heteroatoms. The van der Waals surface area contributed by atoms with Crippen molar-refractivity contribution in [2.75, 3.05) is 25.0 Å². The summed E-state index contributed by atoms with van der Waals surface area (Å²) in [5, 5.41) is 13.3. The van der Waals surface area contributed by atoms with Crippen LogP contribution in [0.4, 0.5) is 10.9 Å². The van der Waals surface area contributed by atoms with Crippen molar-refractivity contribution in [1.82, 2.24) is 14.9 Å². The Morgan fingerprint density at radius 2 is 2.00 bits per heavy atom. The van der Waals surface area contributed by atoms with Crippen LogP contribution in [-0.4, -0.2) is 45.7 Å². The number of benzene rings is 1. The fourth-order valence-corrected chi connectivity index (χ4v) is 4.63. The van der Waals surface area contributed by atoms with Gasteiger partial charge in [0.2, 0.25) is 0 Å². The second kappa shape index (κ2) is 9.28. The molecule has 2 N–H and O–H groups in total. The standard InChI is InChI=1S/C22H26N4OS/c27-14-13-26-12-4-7-19(26)10-8-17-9-11-21(23-15-17)25-22-24-16-20(28-22)18-5-2-1-3-6-18/h1-3,5-6,9,11,15-16,19,27H,4,7-8,10,12-14H2,(H,23,24,25). The topological polar surface area (TPSA) is 61.3 Å². The van der Waals surface area contributed by atoms with Crippen molar-refractivity contribution in [2.45, 2.75) is 31.7 Å². The Morgan fingerprint density at radius 3 is 2.79 bits per heavy atom. The van der Waals surface area contributed by atoms with E-state index in [2.05, 4.69) is 38.4 Å². The number of aliphatic hydroxyl groups excluding tert-OH is 1. The molecular formula is C22H26N4OS. The monoisotopic (exact) mass is 394 g/mol. The first kappa shape index (κ1) is 19.1. The van der Waals surface area contributed by atoms with Crippen molar-refractivity contribution in [3.63, 3.8) is 0 Å². The predicted molar refractivity (Wildman–Crippen MR) is 115 cm³/mol. The van der Waals surface area contributed by atoms with Crippen LogP contribution < -0.4 is 5.32 Å². The Kier molecular flexibility index (Phi) is 6.31. The van der Waals surface area contributed by atoms with Gasteiger partial charge in [-0.15, -0.1) is 0 Å². The molecular weight excluding hydrogens is 368 g/mol. The van der Waals surface area contributed by atoms with Gasteiger partial charge in [0.25, 0.3) is 0 Å². The Morgan fingerprint density at radius 1 is 1.11 bits per heavy atom. The van der Waals surface area contributed by atoms with Crippen LogP contribution in [0.3, 0.4) is 0 Å². The third kappa shape index (κ3) is 4.76. The minimum absolute atomic E-state index is 0.251. The van der Waals surface area contributed by atoms with Gasteiger partial charge >= 0.3 is 0 Å². The number of likely N-dealkylation sites (tertiary alicyclic amines) is 1. The molecule has 4 rings (SSSR count). The number of aromatic nitrogens is 2. The normalized spacial score (nSPS) is 17.1. The zero-order valence-corrected chi connectivity index (χ0v) is 16.7. The summed E-state index contributed by atoms with van der Waals surface area (Å²) < 4.78 is 0. The molecule has 1 unspecified atom stereocenters. The zero-order valence-electron chi connectivity index (χ0n) is 15.9. The van der Waals surface area contributed by atoms with Crippen LogP contribution in [0.1, 0.15) is 24.8 Å². The summed E-state index contributed by atoms with van der Waals surface area (Å²) in [5.74, 6) is 0.820. The van der Waals surface area contributed by atoms with Gasteiger partial charge in [-0.25, -0.2) is 9.97 Å². The maximum absolute atomic E-state index is 9.18. The second-order valence-corrected chi connectivity index (χ2v) is 8.20. The highest BCUT2D eigenvalue weighted by atomic mass is 32.1. The molecule has 1 aliphatic heterocycles. The maximum atomic E-state index is 9.18. The molecule has 1 aliphatic rings. The number of hydrogen-bond acceptors (Lipinski definition) is 6. The molecule has 1 saturated heterocycles. The minimum Gasteiger partial charge on any atom is -0.395 e. The fraction of sp³-hybridized carbons (Fsp3) is 0.364. The maximum Gasteiger partial charge on any atom is 0.188 e. The third-order valence-electron chi connectivity index (χ3n) is 5.28. The van der Waals surface area contributed by atoms with Gasteiger partial charge in [0.15, 0.2) is 5.13 Å². The number of nitrogens with zero attached hydrogens (tertiary/aromatic N) is 3. The lowest BCUT2D eigenvalue weighted by atomic mass is 10.0. The highest BCUT2D eigenvalue weighted by Gasteiger charge is 2.23. The van der Waals surface area contributed by atoms with E-state index in [1.54, 1.807) is 11.3 Å². The molecule has 1 fully saturated rings. The number of β-amino-alcohol motifs (C(OH)–C–C–N with tert-alkyl or cyclic N) is 1. The number of thiazole rings is 1. The van der Waals surface area contributed by atoms with E-state index in [1.807, 2.05) is 36.7 Å². The number of hydrogen-bond donors (Lipinski definition) is 2. The fourth-order valence-electron chi connectivity index (χ4n) is 3.80. The van der Waals surface area contributed by atoms with E-state index < -0.39 is 0 Å². The molecule has 1 atom stereocenters. The lowest BCUT2D eigenvalue weighted by Gasteiger charge is -2.23. The summed E-state index contributed by atoms with van der Waals surface area (Å²) in [7, 11) is 0. The van der Waals surface area contributed by atoms with Crippen molar-refractivity contribution >= 4 is 22.3 Å². The van der Waals surface area contributed by atoms with Gasteiger partial charge in [0.05, 0.1) is 11.5 Å². The van der Waals surface area contributed by atoms with E-state index in [4.69, 9.17) is 0 Å². The Labute approximate surface area is 170 Å². The number of rotatable bonds is 8. The first-order valence-electron chi connectivity index (χ1n) is 9.90. The predicted octanol–water partition coefficient (Wildman–Crippen LogP) is 4.34. The summed E-state index contributed by atoms with van der Waals surface area (Å²) in [6.45, 7) is 2.16. The van der Waals surface area contributed by atoms with Crippen LogP contribution in [0.2, 0.25) is 0 Å². The molecule has 146 valence electrons. The number of anilines is 2. The summed E-state index contributed by atoms with van der Waals surface area (Å²) >= 11 is 1.63. The lowest BCUT2D eigenvalue weighted by molar-refractivity contribution is 0.180. The molecule has 0 amide bonds. The Hall–Kier alpha value is -2.28. The van der Waals surface area contributed by atoms with Crippen LogP contribution in [0, 0.1) is 0 Å². The van der Waals surface area contributed by atoms with Gasteiger partial charge in [-0.05, 0) is 49.4 Å². The van der Waals surface area contributed by atoms with E-state index in [-0.39, 0.29) is 6.61 Å². The largest absolute Gasteiger partial charge is 0.395 e. The molecule has 0 aliphatic carbocycles. The van der Waals surface area contributed by atoms with Crippen molar-refractivity contribution in [3.05, 3.63) is 60.4 Å². The SMILES string of the molecule is OCCN1CCCC1CCc1ccc(Nc2ncc(-c3ccccc3)s2)nc1. The molecule has 0 spiro atoms. The summed E-state index contributed by atoms with van der Waals surface area (Å²) in [6.07, 6.45) is 8.48. The lowest BCUT2D eigenvalue weighted by Crippen LogP contribution is -2.32. The number of aliphatic hydroxyl groups is 1. The van der Waals surface area contributed by atoms with Crippen molar-refractivity contribution in [3.8, 4) is 10.4 Å². The summed E-state index contributed by atoms with van der Waals surface area (Å²) in [6, 6.07) is 15.1. The number of pyridine rings is 1. The van der Waals surface area contributed by atoms with E-state index >= 15 is 0 Å². The molecule has 3 heterocycles. The van der Waals surface area contributed by atoms with Gasteiger partial charge in [-0.2, -0.15) is 0 Å². The van der Waals surface area contributed by atoms with Gasteiger partial charge in [0.1, 0.15) is 5.82 Å². The van der Waals surface area contributed by atoms with Crippen molar-refractivity contribution < 1.29 is 5.11 Å². The highest BCUT2D eigenvalue weighted by Crippen LogP contribution is 2.30. The van der Waals surface area contributed by atoms with Gasteiger partial charge < -0.3 is 10.4 Å². The van der Waals surface area contributed by atoms with E-state index in [0.29, 0.717) is 6.04 Å². The molecule has 5 nitrogen and oxygen atoms in total. The van der Waals surface area contributed by atoms with Crippen molar-refractivity contribution in [1.29, 1.82) is 0 Å². The average Bonchev–Trinajstić information content (AvgIpc) is 3.38. The zero-order chi connectivity index (χ0) is 19.2. The molecule has 28 heavy (non-hydrogen) atoms. The van der Waals surface area contributed by atoms with E-state index in [1.165, 1.54) is 24.0 Å². The molecule has 0 bridgehead atoms. The number of aryl methyl sites for hydroxylation is 1. The first-order chi connectivity index (χ1) is 13.8. The van der Waals surface area contributed by atoms with Gasteiger partial charge in [-0.1, -0.05) is 47.7 Å². The quantitative estimate of drug-likeness (QED) is 0.595. The highest BCUT2D eigenvalue weighted by molar-refractivity contribution is 7.18. The smallest absolute Gasteiger partial charge is 0.188 e. The van der Waals surface area contributed by atoms with Crippen LogP contribution in [0.5, 0.6) is 0 Å². The molecule has 0 saturated carbocycles. The van der Waals surface area contributed by atoms with Crippen LogP contribution in [0.25, 0.3) is 10.4 Å². The molecule has 0 radical (unpaired) electrons. The van der Waals surface area contributed by atoms with Crippen LogP contribution in [0.15, 0.2) is 54.9 Å². The third-order valence-corrected chi connectivity index (χ3v) is 6.24. The first-order valence-corrected chi connectivity index (χ1v) is 10.7. The van der Waals surface area contributed by atoms with E-state index in [0.717, 1.165) is 41.8 Å². The van der Waals surface area contributed by atoms with Gasteiger partial charge in [0, 0.05) is 25.0 Å². The Balaban J connectivity index is 1.32.